The van der Waals surface area contributed by atoms with Crippen LogP contribution in [0.2, 0.25) is 10.0 Å². The van der Waals surface area contributed by atoms with Crippen LogP contribution in [0.1, 0.15) is 28.8 Å². The number of aromatic nitrogens is 1. The number of hydrogen-bond acceptors (Lipinski definition) is 7. The third-order valence-electron chi connectivity index (χ3n) is 7.10. The zero-order valence-electron chi connectivity index (χ0n) is 22.0. The molecule has 0 atom stereocenters. The third-order valence-corrected chi connectivity index (χ3v) is 7.52. The lowest BCUT2D eigenvalue weighted by molar-refractivity contribution is -0.105. The zero-order valence-corrected chi connectivity index (χ0v) is 23.5. The topological polar surface area (TPSA) is 110 Å². The fourth-order valence-corrected chi connectivity index (χ4v) is 5.20. The van der Waals surface area contributed by atoms with Crippen molar-refractivity contribution in [1.29, 1.82) is 0 Å². The van der Waals surface area contributed by atoms with Gasteiger partial charge in [0.05, 0.1) is 28.7 Å². The minimum absolute atomic E-state index is 0.104. The maximum Gasteiger partial charge on any atom is 0.255 e. The predicted molar refractivity (Wildman–Crippen MR) is 160 cm³/mol. The minimum Gasteiger partial charge on any atom is -0.395 e. The predicted octanol–water partition coefficient (Wildman–Crippen LogP) is 4.67. The first-order chi connectivity index (χ1) is 19.4. The SMILES string of the molecule is CN(CCO)c1cc(Cl)cc(-c2cc(Cl)cnc2NC=O)c1NC(=O)c1ccc(C(=C2CCN2)N2CCC2)cc1. The molecule has 1 aromatic heterocycles. The van der Waals surface area contributed by atoms with Crippen molar-refractivity contribution in [3.05, 3.63) is 75.5 Å². The molecular formula is C29H30Cl2N6O3. The molecule has 5 rings (SSSR count). The van der Waals surface area contributed by atoms with E-state index in [1.807, 2.05) is 24.3 Å². The van der Waals surface area contributed by atoms with Gasteiger partial charge in [0.25, 0.3) is 5.91 Å². The van der Waals surface area contributed by atoms with Gasteiger partial charge in [0, 0.05) is 73.3 Å². The number of pyridine rings is 1. The standard InChI is InChI=1S/C29H30Cl2N6O3/c1-36(11-12-38)25-15-20(30)13-22(23-14-21(31)16-33-28(23)34-17-39)26(25)35-29(40)19-5-3-18(4-6-19)27(24-7-8-32-24)37-9-2-10-37/h3-6,13-17,32,38H,2,7-12H2,1H3,(H,35,40)(H,33,34,39). The Hall–Kier alpha value is -3.79. The van der Waals surface area contributed by atoms with Gasteiger partial charge in [-0.15, -0.1) is 0 Å². The highest BCUT2D eigenvalue weighted by Gasteiger charge is 2.25. The number of likely N-dealkylation sites (tertiary alicyclic amines) is 1. The van der Waals surface area contributed by atoms with Crippen molar-refractivity contribution in [3.63, 3.8) is 0 Å². The van der Waals surface area contributed by atoms with Gasteiger partial charge < -0.3 is 30.9 Å². The minimum atomic E-state index is -0.325. The molecule has 208 valence electrons. The number of halogens is 2. The van der Waals surface area contributed by atoms with Crippen molar-refractivity contribution in [1.82, 2.24) is 15.2 Å². The Bertz CT molecular complexity index is 1450. The highest BCUT2D eigenvalue weighted by atomic mass is 35.5. The number of benzene rings is 2. The van der Waals surface area contributed by atoms with Crippen LogP contribution in [0.4, 0.5) is 17.2 Å². The van der Waals surface area contributed by atoms with E-state index in [1.54, 1.807) is 30.1 Å². The van der Waals surface area contributed by atoms with E-state index >= 15 is 0 Å². The molecule has 0 aliphatic carbocycles. The first-order valence-corrected chi connectivity index (χ1v) is 13.8. The summed E-state index contributed by atoms with van der Waals surface area (Å²) in [5, 5.41) is 19.4. The highest BCUT2D eigenvalue weighted by Crippen LogP contribution is 2.42. The summed E-state index contributed by atoms with van der Waals surface area (Å²) in [4.78, 5) is 33.3. The molecule has 2 saturated heterocycles. The quantitative estimate of drug-likeness (QED) is 0.258. The summed E-state index contributed by atoms with van der Waals surface area (Å²) in [5.41, 5.74) is 6.01. The average Bonchev–Trinajstić information content (AvgIpc) is 2.88. The molecule has 0 radical (unpaired) electrons. The number of amides is 2. The van der Waals surface area contributed by atoms with Crippen molar-refractivity contribution in [2.24, 2.45) is 0 Å². The number of rotatable bonds is 10. The first kappa shape index (κ1) is 27.8. The van der Waals surface area contributed by atoms with E-state index < -0.39 is 0 Å². The van der Waals surface area contributed by atoms with Crippen LogP contribution >= 0.6 is 23.2 Å². The Balaban J connectivity index is 1.53. The Labute approximate surface area is 242 Å². The smallest absolute Gasteiger partial charge is 0.255 e. The van der Waals surface area contributed by atoms with E-state index in [0.29, 0.717) is 51.1 Å². The monoisotopic (exact) mass is 580 g/mol. The molecule has 9 nitrogen and oxygen atoms in total. The van der Waals surface area contributed by atoms with Crippen molar-refractivity contribution in [3.8, 4) is 11.1 Å². The summed E-state index contributed by atoms with van der Waals surface area (Å²) in [6.45, 7) is 3.24. The molecule has 2 aliphatic rings. The number of anilines is 3. The van der Waals surface area contributed by atoms with E-state index in [2.05, 4.69) is 25.8 Å². The van der Waals surface area contributed by atoms with Gasteiger partial charge in [-0.05, 0) is 42.3 Å². The largest absolute Gasteiger partial charge is 0.395 e. The number of aliphatic hydroxyl groups excluding tert-OH is 1. The third kappa shape index (κ3) is 5.72. The molecule has 4 N–H and O–H groups in total. The van der Waals surface area contributed by atoms with Gasteiger partial charge in [0.2, 0.25) is 6.41 Å². The maximum absolute atomic E-state index is 13.6. The van der Waals surface area contributed by atoms with Crippen molar-refractivity contribution >= 4 is 58.4 Å². The molecule has 2 fully saturated rings. The summed E-state index contributed by atoms with van der Waals surface area (Å²) < 4.78 is 0. The average molecular weight is 582 g/mol. The van der Waals surface area contributed by atoms with Crippen LogP contribution in [0.15, 0.2) is 54.4 Å². The van der Waals surface area contributed by atoms with Gasteiger partial charge in [-0.1, -0.05) is 35.3 Å². The molecule has 0 saturated carbocycles. The lowest BCUT2D eigenvalue weighted by Gasteiger charge is -2.39. The molecule has 11 heteroatoms. The molecule has 40 heavy (non-hydrogen) atoms. The maximum atomic E-state index is 13.6. The molecule has 2 amide bonds. The molecule has 0 spiro atoms. The van der Waals surface area contributed by atoms with Gasteiger partial charge in [0.15, 0.2) is 0 Å². The van der Waals surface area contributed by atoms with Gasteiger partial charge >= 0.3 is 0 Å². The number of carbonyl (C=O) groups excluding carboxylic acids is 2. The number of nitrogens with zero attached hydrogens (tertiary/aromatic N) is 3. The van der Waals surface area contributed by atoms with Crippen molar-refractivity contribution in [2.45, 2.75) is 12.8 Å². The van der Waals surface area contributed by atoms with Gasteiger partial charge in [0.1, 0.15) is 5.82 Å². The van der Waals surface area contributed by atoms with Crippen LogP contribution in [0.5, 0.6) is 0 Å². The van der Waals surface area contributed by atoms with E-state index in [-0.39, 0.29) is 18.3 Å². The first-order valence-electron chi connectivity index (χ1n) is 13.0. The molecule has 2 aliphatic heterocycles. The fourth-order valence-electron chi connectivity index (χ4n) is 4.83. The van der Waals surface area contributed by atoms with Crippen LogP contribution < -0.4 is 20.9 Å². The molecule has 3 aromatic rings. The number of hydrogen-bond donors (Lipinski definition) is 4. The number of carbonyl (C=O) groups is 2. The normalized spacial score (nSPS) is 15.3. The Morgan fingerprint density at radius 1 is 1.12 bits per heavy atom. The Kier molecular flexibility index (Phi) is 8.44. The van der Waals surface area contributed by atoms with Gasteiger partial charge in [-0.2, -0.15) is 0 Å². The summed E-state index contributed by atoms with van der Waals surface area (Å²) in [6, 6.07) is 12.6. The molecule has 0 unspecified atom stereocenters. The second-order valence-corrected chi connectivity index (χ2v) is 10.6. The summed E-state index contributed by atoms with van der Waals surface area (Å²) in [6.07, 6.45) is 4.14. The molecular weight excluding hydrogens is 551 g/mol. The molecule has 3 heterocycles. The molecule has 0 bridgehead atoms. The summed E-state index contributed by atoms with van der Waals surface area (Å²) in [7, 11) is 1.79. The Morgan fingerprint density at radius 2 is 1.82 bits per heavy atom. The van der Waals surface area contributed by atoms with Crippen molar-refractivity contribution < 1.29 is 14.7 Å². The lowest BCUT2D eigenvalue weighted by atomic mass is 9.99. The fraction of sp³-hybridized carbons (Fsp3) is 0.276. The second-order valence-electron chi connectivity index (χ2n) is 9.68. The summed E-state index contributed by atoms with van der Waals surface area (Å²) in [5.74, 6) is -0.0676. The number of aliphatic hydroxyl groups is 1. The Morgan fingerprint density at radius 3 is 2.42 bits per heavy atom. The second kappa shape index (κ2) is 12.2. The number of likely N-dealkylation sites (N-methyl/N-ethyl adjacent to an activating group) is 1. The van der Waals surface area contributed by atoms with Crippen LogP contribution in [-0.4, -0.2) is 67.1 Å². The van der Waals surface area contributed by atoms with Crippen LogP contribution in [0.3, 0.4) is 0 Å². The van der Waals surface area contributed by atoms with E-state index in [0.717, 1.165) is 31.6 Å². The van der Waals surface area contributed by atoms with Gasteiger partial charge in [-0.25, -0.2) is 4.98 Å². The van der Waals surface area contributed by atoms with E-state index in [9.17, 15) is 14.7 Å². The summed E-state index contributed by atoms with van der Waals surface area (Å²) >= 11 is 12.8. The van der Waals surface area contributed by atoms with E-state index in [4.69, 9.17) is 23.2 Å². The van der Waals surface area contributed by atoms with Crippen LogP contribution in [0, 0.1) is 0 Å². The van der Waals surface area contributed by atoms with Crippen molar-refractivity contribution in [2.75, 3.05) is 55.4 Å². The van der Waals surface area contributed by atoms with Crippen LogP contribution in [0.25, 0.3) is 16.8 Å². The van der Waals surface area contributed by atoms with Gasteiger partial charge in [-0.3, -0.25) is 9.59 Å². The van der Waals surface area contributed by atoms with E-state index in [1.165, 1.54) is 24.0 Å². The lowest BCUT2D eigenvalue weighted by Crippen LogP contribution is -2.40. The highest BCUT2D eigenvalue weighted by molar-refractivity contribution is 6.32. The zero-order chi connectivity index (χ0) is 28.2. The number of nitrogens with one attached hydrogen (secondary N) is 3. The molecule has 2 aromatic carbocycles. The van der Waals surface area contributed by atoms with Crippen LogP contribution in [-0.2, 0) is 4.79 Å².